The van der Waals surface area contributed by atoms with Crippen LogP contribution in [-0.2, 0) is 0 Å². The molecule has 0 atom stereocenters. The molecule has 0 saturated carbocycles. The van der Waals surface area contributed by atoms with Crippen LogP contribution in [0.4, 0.5) is 5.69 Å². The second kappa shape index (κ2) is 9.62. The van der Waals surface area contributed by atoms with Crippen molar-refractivity contribution in [1.82, 2.24) is 14.8 Å². The fourth-order valence-corrected chi connectivity index (χ4v) is 3.84. The standard InChI is InChI=1S/C27H24N4O3/c1-20-23(19-29-31(20)26-11-5-6-14-28-26)27(32)30(15-7-10-21-8-3-2-4-9-21)22-12-13-24-25(18-22)34-17-16-33-24/h2-14,18-19H,15-17H2,1H3/b10-7+. The van der Waals surface area contributed by atoms with Crippen molar-refractivity contribution in [3.8, 4) is 17.3 Å². The zero-order valence-corrected chi connectivity index (χ0v) is 18.8. The molecule has 2 aromatic heterocycles. The van der Waals surface area contributed by atoms with Gasteiger partial charge in [0.05, 0.1) is 17.5 Å². The van der Waals surface area contributed by atoms with Gasteiger partial charge in [0.2, 0.25) is 0 Å². The van der Waals surface area contributed by atoms with Gasteiger partial charge in [-0.2, -0.15) is 5.10 Å². The molecule has 0 unspecified atom stereocenters. The predicted octanol–water partition coefficient (Wildman–Crippen LogP) is 4.71. The smallest absolute Gasteiger partial charge is 0.262 e. The molecule has 0 N–H and O–H groups in total. The summed E-state index contributed by atoms with van der Waals surface area (Å²) >= 11 is 0. The number of anilines is 1. The highest BCUT2D eigenvalue weighted by atomic mass is 16.6. The van der Waals surface area contributed by atoms with Gasteiger partial charge in [0, 0.05) is 24.5 Å². The molecule has 0 aliphatic carbocycles. The van der Waals surface area contributed by atoms with E-state index >= 15 is 0 Å². The number of carbonyl (C=O) groups excluding carboxylic acids is 1. The van der Waals surface area contributed by atoms with Crippen LogP contribution in [0.25, 0.3) is 11.9 Å². The molecule has 4 aromatic rings. The number of carbonyl (C=O) groups is 1. The highest BCUT2D eigenvalue weighted by molar-refractivity contribution is 6.07. The average Bonchev–Trinajstić information content (AvgIpc) is 3.28. The summed E-state index contributed by atoms with van der Waals surface area (Å²) in [5.41, 5.74) is 3.01. The maximum absolute atomic E-state index is 13.8. The number of hydrogen-bond acceptors (Lipinski definition) is 5. The van der Waals surface area contributed by atoms with E-state index in [4.69, 9.17) is 9.47 Å². The molecule has 7 heteroatoms. The lowest BCUT2D eigenvalue weighted by Gasteiger charge is -2.24. The highest BCUT2D eigenvalue weighted by Crippen LogP contribution is 2.34. The van der Waals surface area contributed by atoms with Crippen LogP contribution in [0, 0.1) is 6.92 Å². The third-order valence-electron chi connectivity index (χ3n) is 5.59. The van der Waals surface area contributed by atoms with Crippen LogP contribution in [0.3, 0.4) is 0 Å². The molecule has 3 heterocycles. The van der Waals surface area contributed by atoms with Crippen molar-refractivity contribution in [2.45, 2.75) is 6.92 Å². The minimum Gasteiger partial charge on any atom is -0.486 e. The van der Waals surface area contributed by atoms with Crippen LogP contribution in [0.5, 0.6) is 11.5 Å². The zero-order valence-electron chi connectivity index (χ0n) is 18.8. The number of aromatic nitrogens is 3. The van der Waals surface area contributed by atoms with Crippen LogP contribution in [0.15, 0.2) is 85.2 Å². The summed E-state index contributed by atoms with van der Waals surface area (Å²) in [6.45, 7) is 3.24. The van der Waals surface area contributed by atoms with Gasteiger partial charge in [-0.15, -0.1) is 0 Å². The van der Waals surface area contributed by atoms with E-state index in [1.54, 1.807) is 22.0 Å². The molecule has 1 aliphatic rings. The van der Waals surface area contributed by atoms with Crippen molar-refractivity contribution in [2.75, 3.05) is 24.7 Å². The normalized spacial score (nSPS) is 12.6. The van der Waals surface area contributed by atoms with Gasteiger partial charge in [0.1, 0.15) is 13.2 Å². The second-order valence-corrected chi connectivity index (χ2v) is 7.80. The fraction of sp³-hybridized carbons (Fsp3) is 0.148. The van der Waals surface area contributed by atoms with Gasteiger partial charge < -0.3 is 14.4 Å². The molecule has 0 bridgehead atoms. The first-order valence-corrected chi connectivity index (χ1v) is 11.1. The summed E-state index contributed by atoms with van der Waals surface area (Å²) in [6, 6.07) is 21.1. The predicted molar refractivity (Wildman–Crippen MR) is 131 cm³/mol. The number of benzene rings is 2. The van der Waals surface area contributed by atoms with Crippen LogP contribution < -0.4 is 14.4 Å². The van der Waals surface area contributed by atoms with Crippen molar-refractivity contribution in [1.29, 1.82) is 0 Å². The van der Waals surface area contributed by atoms with E-state index < -0.39 is 0 Å². The number of pyridine rings is 1. The summed E-state index contributed by atoms with van der Waals surface area (Å²) in [5.74, 6) is 1.82. The van der Waals surface area contributed by atoms with Crippen LogP contribution >= 0.6 is 0 Å². The Labute approximate surface area is 197 Å². The number of amides is 1. The number of nitrogens with zero attached hydrogens (tertiary/aromatic N) is 4. The molecule has 1 aliphatic heterocycles. The lowest BCUT2D eigenvalue weighted by atomic mass is 10.1. The molecule has 34 heavy (non-hydrogen) atoms. The highest BCUT2D eigenvalue weighted by Gasteiger charge is 2.24. The van der Waals surface area contributed by atoms with E-state index in [2.05, 4.69) is 10.1 Å². The Balaban J connectivity index is 1.48. The van der Waals surface area contributed by atoms with E-state index in [9.17, 15) is 4.79 Å². The second-order valence-electron chi connectivity index (χ2n) is 7.80. The molecule has 0 saturated heterocycles. The Kier molecular flexibility index (Phi) is 6.07. The third kappa shape index (κ3) is 4.41. The lowest BCUT2D eigenvalue weighted by molar-refractivity contribution is 0.0989. The van der Waals surface area contributed by atoms with Gasteiger partial charge in [-0.05, 0) is 36.8 Å². The summed E-state index contributed by atoms with van der Waals surface area (Å²) in [5, 5.41) is 4.43. The molecular weight excluding hydrogens is 428 g/mol. The Hall–Kier alpha value is -4.39. The molecule has 0 fully saturated rings. The molecule has 0 radical (unpaired) electrons. The molecule has 2 aromatic carbocycles. The SMILES string of the molecule is Cc1c(C(=O)N(C/C=C/c2ccccc2)c2ccc3c(c2)OCCO3)cnn1-c1ccccn1. The van der Waals surface area contributed by atoms with Gasteiger partial charge in [-0.1, -0.05) is 48.6 Å². The summed E-state index contributed by atoms with van der Waals surface area (Å²) in [7, 11) is 0. The minimum absolute atomic E-state index is 0.158. The van der Waals surface area contributed by atoms with Gasteiger partial charge in [-0.3, -0.25) is 4.79 Å². The Bertz CT molecular complexity index is 1320. The number of hydrogen-bond donors (Lipinski definition) is 0. The lowest BCUT2D eigenvalue weighted by Crippen LogP contribution is -2.31. The van der Waals surface area contributed by atoms with E-state index in [0.717, 1.165) is 16.9 Å². The topological polar surface area (TPSA) is 69.5 Å². The van der Waals surface area contributed by atoms with E-state index in [1.165, 1.54) is 0 Å². The monoisotopic (exact) mass is 452 g/mol. The van der Waals surface area contributed by atoms with E-state index in [1.807, 2.05) is 85.8 Å². The maximum atomic E-state index is 13.8. The Morgan fingerprint density at radius 2 is 1.82 bits per heavy atom. The van der Waals surface area contributed by atoms with E-state index in [-0.39, 0.29) is 5.91 Å². The number of fused-ring (bicyclic) bond motifs is 1. The van der Waals surface area contributed by atoms with Gasteiger partial charge >= 0.3 is 0 Å². The first-order valence-electron chi connectivity index (χ1n) is 11.1. The largest absolute Gasteiger partial charge is 0.486 e. The molecule has 0 spiro atoms. The van der Waals surface area contributed by atoms with Crippen molar-refractivity contribution < 1.29 is 14.3 Å². The molecule has 1 amide bonds. The molecule has 170 valence electrons. The minimum atomic E-state index is -0.158. The first kappa shape index (κ1) is 21.5. The summed E-state index contributed by atoms with van der Waals surface area (Å²) in [6.07, 6.45) is 7.27. The summed E-state index contributed by atoms with van der Waals surface area (Å²) in [4.78, 5) is 19.8. The quantitative estimate of drug-likeness (QED) is 0.424. The van der Waals surface area contributed by atoms with Crippen LogP contribution in [0.2, 0.25) is 0 Å². The van der Waals surface area contributed by atoms with Crippen molar-refractivity contribution in [2.24, 2.45) is 0 Å². The number of rotatable bonds is 6. The molecular formula is C27H24N4O3. The Morgan fingerprint density at radius 1 is 1.03 bits per heavy atom. The number of ether oxygens (including phenoxy) is 2. The van der Waals surface area contributed by atoms with E-state index in [0.29, 0.717) is 42.6 Å². The van der Waals surface area contributed by atoms with Crippen LogP contribution in [0.1, 0.15) is 21.6 Å². The van der Waals surface area contributed by atoms with Crippen molar-refractivity contribution >= 4 is 17.7 Å². The van der Waals surface area contributed by atoms with Crippen LogP contribution in [-0.4, -0.2) is 40.4 Å². The summed E-state index contributed by atoms with van der Waals surface area (Å²) < 4.78 is 13.1. The average molecular weight is 453 g/mol. The molecule has 5 rings (SSSR count). The third-order valence-corrected chi connectivity index (χ3v) is 5.59. The maximum Gasteiger partial charge on any atom is 0.262 e. The van der Waals surface area contributed by atoms with Gasteiger partial charge in [0.15, 0.2) is 17.3 Å². The van der Waals surface area contributed by atoms with Gasteiger partial charge in [-0.25, -0.2) is 9.67 Å². The zero-order chi connectivity index (χ0) is 23.3. The Morgan fingerprint density at radius 3 is 2.62 bits per heavy atom. The van der Waals surface area contributed by atoms with Gasteiger partial charge in [0.25, 0.3) is 5.91 Å². The molecule has 7 nitrogen and oxygen atoms in total. The first-order chi connectivity index (χ1) is 16.7. The van der Waals surface area contributed by atoms with Crippen molar-refractivity contribution in [3.05, 3.63) is 102 Å². The van der Waals surface area contributed by atoms with Crippen molar-refractivity contribution in [3.63, 3.8) is 0 Å². The fourth-order valence-electron chi connectivity index (χ4n) is 3.84.